The number of phenols is 1. The summed E-state index contributed by atoms with van der Waals surface area (Å²) in [5.41, 5.74) is 2.57. The van der Waals surface area contributed by atoms with Gasteiger partial charge in [-0.2, -0.15) is 0 Å². The van der Waals surface area contributed by atoms with Crippen molar-refractivity contribution in [2.75, 3.05) is 0 Å². The fourth-order valence-electron chi connectivity index (χ4n) is 1.91. The molecular formula is C24H30O3. The van der Waals surface area contributed by atoms with Crippen molar-refractivity contribution in [1.29, 1.82) is 0 Å². The lowest BCUT2D eigenvalue weighted by molar-refractivity contribution is -0.132. The maximum Gasteiger partial charge on any atom is 0.330 e. The van der Waals surface area contributed by atoms with Crippen molar-refractivity contribution in [2.24, 2.45) is 5.41 Å². The Morgan fingerprint density at radius 2 is 1.33 bits per heavy atom. The lowest BCUT2D eigenvalue weighted by Gasteiger charge is -2.11. The second-order valence-electron chi connectivity index (χ2n) is 6.91. The van der Waals surface area contributed by atoms with Crippen LogP contribution in [-0.4, -0.2) is 16.2 Å². The number of phenolic OH excluding ortho intramolecular Hbond substituents is 1. The highest BCUT2D eigenvalue weighted by molar-refractivity contribution is 5.85. The number of benzene rings is 2. The topological polar surface area (TPSA) is 57.5 Å². The molecule has 0 atom stereocenters. The molecule has 0 saturated heterocycles. The Hall–Kier alpha value is -3.07. The van der Waals surface area contributed by atoms with E-state index in [4.69, 9.17) is 10.2 Å². The number of carboxylic acids is 1. The van der Waals surface area contributed by atoms with Gasteiger partial charge in [-0.1, -0.05) is 94.6 Å². The molecule has 0 saturated carbocycles. The summed E-state index contributed by atoms with van der Waals surface area (Å²) in [7, 11) is 0. The Morgan fingerprint density at radius 1 is 0.889 bits per heavy atom. The Morgan fingerprint density at radius 3 is 1.63 bits per heavy atom. The molecule has 2 N–H and O–H groups in total. The van der Waals surface area contributed by atoms with Crippen LogP contribution >= 0.6 is 0 Å². The Balaban J connectivity index is 0.000000377. The molecule has 144 valence electrons. The van der Waals surface area contributed by atoms with Crippen LogP contribution < -0.4 is 0 Å². The normalized spacial score (nSPS) is 10.4. The molecule has 0 radical (unpaired) electrons. The zero-order chi connectivity index (χ0) is 20.9. The number of allylic oxidation sites excluding steroid dienone is 1. The van der Waals surface area contributed by atoms with Gasteiger partial charge in [-0.15, -0.1) is 0 Å². The van der Waals surface area contributed by atoms with Crippen LogP contribution in [0.1, 0.15) is 38.8 Å². The Labute approximate surface area is 163 Å². The Bertz CT molecular complexity index is 733. The van der Waals surface area contributed by atoms with Gasteiger partial charge >= 0.3 is 5.97 Å². The van der Waals surface area contributed by atoms with Crippen molar-refractivity contribution in [1.82, 2.24) is 0 Å². The van der Waals surface area contributed by atoms with E-state index in [-0.39, 0.29) is 5.41 Å². The smallest absolute Gasteiger partial charge is 0.330 e. The highest BCUT2D eigenvalue weighted by Crippen LogP contribution is 2.17. The monoisotopic (exact) mass is 366 g/mol. The summed E-state index contributed by atoms with van der Waals surface area (Å²) in [5.74, 6) is -0.546. The van der Waals surface area contributed by atoms with E-state index in [0.29, 0.717) is 11.3 Å². The Kier molecular flexibility index (Phi) is 10.9. The lowest BCUT2D eigenvalue weighted by Crippen LogP contribution is -2.05. The van der Waals surface area contributed by atoms with E-state index in [0.717, 1.165) is 5.56 Å². The van der Waals surface area contributed by atoms with E-state index in [9.17, 15) is 4.79 Å². The van der Waals surface area contributed by atoms with Crippen molar-refractivity contribution in [3.63, 3.8) is 0 Å². The van der Waals surface area contributed by atoms with Crippen LogP contribution in [0.4, 0.5) is 0 Å². The number of rotatable bonds is 3. The molecule has 0 amide bonds. The van der Waals surface area contributed by atoms with Crippen LogP contribution in [0, 0.1) is 5.41 Å². The third-order valence-electron chi connectivity index (χ3n) is 3.15. The molecule has 27 heavy (non-hydrogen) atoms. The molecule has 0 aliphatic rings. The predicted molar refractivity (Wildman–Crippen MR) is 116 cm³/mol. The molecule has 2 rings (SSSR count). The van der Waals surface area contributed by atoms with Crippen molar-refractivity contribution in [3.8, 4) is 5.75 Å². The molecule has 0 spiro atoms. The van der Waals surface area contributed by atoms with Crippen molar-refractivity contribution < 1.29 is 15.0 Å². The number of carboxylic acid groups (broad SMARTS) is 1. The second-order valence-corrected chi connectivity index (χ2v) is 6.91. The van der Waals surface area contributed by atoms with E-state index in [1.165, 1.54) is 5.56 Å². The molecule has 2 aromatic rings. The van der Waals surface area contributed by atoms with Gasteiger partial charge in [0.1, 0.15) is 5.75 Å². The summed E-state index contributed by atoms with van der Waals surface area (Å²) in [6.45, 7) is 14.7. The van der Waals surface area contributed by atoms with Crippen LogP contribution in [0.15, 0.2) is 79.4 Å². The summed E-state index contributed by atoms with van der Waals surface area (Å²) in [5, 5.41) is 17.3. The van der Waals surface area contributed by atoms with Gasteiger partial charge in [0.15, 0.2) is 0 Å². The molecular weight excluding hydrogens is 336 g/mol. The van der Waals surface area contributed by atoms with Gasteiger partial charge in [-0.3, -0.25) is 0 Å². The summed E-state index contributed by atoms with van der Waals surface area (Å²) in [4.78, 5) is 10.3. The predicted octanol–water partition coefficient (Wildman–Crippen LogP) is 6.43. The standard InChI is InChI=1S/C8H14O2.C8H8O.C8H8/c1-6(7(9)10)5-8(2,3)4;1-2-7-3-5-8(9)6-4-7;1-2-8-6-4-3-5-7-8/h5H,1-4H3,(H,9,10);2-6,9H,1H2;2-7H,1H2/b6-5+;;. The van der Waals surface area contributed by atoms with Gasteiger partial charge < -0.3 is 10.2 Å². The van der Waals surface area contributed by atoms with Gasteiger partial charge in [-0.25, -0.2) is 4.79 Å². The molecule has 0 fully saturated rings. The average Bonchev–Trinajstić information content (AvgIpc) is 2.63. The zero-order valence-corrected chi connectivity index (χ0v) is 16.6. The first kappa shape index (κ1) is 23.9. The van der Waals surface area contributed by atoms with E-state index < -0.39 is 5.97 Å². The van der Waals surface area contributed by atoms with E-state index in [1.54, 1.807) is 31.2 Å². The number of hydrogen-bond donors (Lipinski definition) is 2. The number of carbonyl (C=O) groups is 1. The summed E-state index contributed by atoms with van der Waals surface area (Å²) < 4.78 is 0. The van der Waals surface area contributed by atoms with Crippen LogP contribution in [0.2, 0.25) is 0 Å². The largest absolute Gasteiger partial charge is 0.508 e. The number of hydrogen-bond acceptors (Lipinski definition) is 2. The van der Waals surface area contributed by atoms with E-state index >= 15 is 0 Å². The number of aromatic hydroxyl groups is 1. The van der Waals surface area contributed by atoms with Gasteiger partial charge in [0.25, 0.3) is 0 Å². The summed E-state index contributed by atoms with van der Waals surface area (Å²) in [6, 6.07) is 16.9. The zero-order valence-electron chi connectivity index (χ0n) is 16.6. The third-order valence-corrected chi connectivity index (χ3v) is 3.15. The average molecular weight is 367 g/mol. The minimum atomic E-state index is -0.838. The van der Waals surface area contributed by atoms with Crippen molar-refractivity contribution in [3.05, 3.63) is 90.5 Å². The molecule has 0 heterocycles. The van der Waals surface area contributed by atoms with Crippen molar-refractivity contribution >= 4 is 18.1 Å². The van der Waals surface area contributed by atoms with Gasteiger partial charge in [0, 0.05) is 5.57 Å². The molecule has 3 heteroatoms. The first-order valence-corrected chi connectivity index (χ1v) is 8.60. The third kappa shape index (κ3) is 12.9. The van der Waals surface area contributed by atoms with Gasteiger partial charge in [0.05, 0.1) is 0 Å². The maximum atomic E-state index is 10.3. The van der Waals surface area contributed by atoms with Crippen LogP contribution in [0.25, 0.3) is 12.2 Å². The SMILES string of the molecule is C/C(=C\C(C)(C)C)C(=O)O.C=Cc1ccc(O)cc1.C=Cc1ccccc1. The summed E-state index contributed by atoms with van der Waals surface area (Å²) >= 11 is 0. The quantitative estimate of drug-likeness (QED) is 0.616. The molecule has 2 aromatic carbocycles. The molecule has 0 aliphatic carbocycles. The minimum absolute atomic E-state index is 0.0392. The first-order chi connectivity index (χ1) is 12.6. The fourth-order valence-corrected chi connectivity index (χ4v) is 1.91. The van der Waals surface area contributed by atoms with Crippen LogP contribution in [0.3, 0.4) is 0 Å². The van der Waals surface area contributed by atoms with Crippen LogP contribution in [0.5, 0.6) is 5.75 Å². The van der Waals surface area contributed by atoms with Gasteiger partial charge in [0.2, 0.25) is 0 Å². The molecule has 0 bridgehead atoms. The summed E-state index contributed by atoms with van der Waals surface area (Å²) in [6.07, 6.45) is 5.31. The van der Waals surface area contributed by atoms with Gasteiger partial charge in [-0.05, 0) is 35.6 Å². The number of aliphatic carboxylic acids is 1. The van der Waals surface area contributed by atoms with E-state index in [2.05, 4.69) is 13.2 Å². The van der Waals surface area contributed by atoms with Crippen LogP contribution in [-0.2, 0) is 4.79 Å². The maximum absolute atomic E-state index is 10.3. The first-order valence-electron chi connectivity index (χ1n) is 8.60. The lowest BCUT2D eigenvalue weighted by atomic mass is 9.94. The second kappa shape index (κ2) is 12.3. The molecule has 0 aliphatic heterocycles. The minimum Gasteiger partial charge on any atom is -0.508 e. The molecule has 3 nitrogen and oxygen atoms in total. The van der Waals surface area contributed by atoms with E-state index in [1.807, 2.05) is 69.3 Å². The molecule has 0 unspecified atom stereocenters. The fraction of sp³-hybridized carbons (Fsp3) is 0.208. The molecule has 0 aromatic heterocycles. The highest BCUT2D eigenvalue weighted by atomic mass is 16.4. The highest BCUT2D eigenvalue weighted by Gasteiger charge is 2.09. The van der Waals surface area contributed by atoms with Crippen molar-refractivity contribution in [2.45, 2.75) is 27.7 Å².